The highest BCUT2D eigenvalue weighted by Gasteiger charge is 2.34. The topological polar surface area (TPSA) is 32.9 Å². The van der Waals surface area contributed by atoms with Crippen molar-refractivity contribution >= 4 is 10.9 Å². The second-order valence-corrected chi connectivity index (χ2v) is 3.60. The van der Waals surface area contributed by atoms with Crippen molar-refractivity contribution in [3.8, 4) is 0 Å². The van der Waals surface area contributed by atoms with E-state index in [1.807, 2.05) is 0 Å². The molecule has 2 aromatic rings. The second kappa shape index (κ2) is 3.37. The van der Waals surface area contributed by atoms with Crippen molar-refractivity contribution in [2.75, 3.05) is 0 Å². The predicted molar refractivity (Wildman–Crippen MR) is 54.3 cm³/mol. The number of H-pyrrole nitrogens is 1. The molecule has 0 aliphatic heterocycles. The number of nitrogens with one attached hydrogen (secondary N) is 1. The SMILES string of the molecule is Cc1ccc2[nH]c(=O)c(C(F)(F)F)cc2c1. The Labute approximate surface area is 88.7 Å². The predicted octanol–water partition coefficient (Wildman–Crippen LogP) is 2.86. The molecule has 0 aliphatic carbocycles. The van der Waals surface area contributed by atoms with Gasteiger partial charge in [-0.25, -0.2) is 0 Å². The summed E-state index contributed by atoms with van der Waals surface area (Å²) in [6, 6.07) is 5.79. The Balaban J connectivity index is 2.79. The van der Waals surface area contributed by atoms with Gasteiger partial charge in [-0.2, -0.15) is 13.2 Å². The molecule has 2 nitrogen and oxygen atoms in total. The lowest BCUT2D eigenvalue weighted by molar-refractivity contribution is -0.138. The quantitative estimate of drug-likeness (QED) is 0.737. The van der Waals surface area contributed by atoms with Crippen LogP contribution in [0.15, 0.2) is 29.1 Å². The fraction of sp³-hybridized carbons (Fsp3) is 0.182. The standard InChI is InChI=1S/C11H8F3NO/c1-6-2-3-9-7(4-6)5-8(10(16)15-9)11(12,13)14/h2-5H,1H3,(H,15,16). The summed E-state index contributed by atoms with van der Waals surface area (Å²) in [5, 5.41) is 0.381. The van der Waals surface area contributed by atoms with Crippen LogP contribution in [0.1, 0.15) is 11.1 Å². The van der Waals surface area contributed by atoms with E-state index in [1.54, 1.807) is 25.1 Å². The van der Waals surface area contributed by atoms with Crippen molar-refractivity contribution in [1.82, 2.24) is 4.98 Å². The molecule has 0 saturated carbocycles. The first-order chi connectivity index (χ1) is 7.38. The first-order valence-electron chi connectivity index (χ1n) is 4.59. The van der Waals surface area contributed by atoms with Crippen LogP contribution in [0, 0.1) is 6.92 Å². The fourth-order valence-electron chi connectivity index (χ4n) is 1.54. The Hall–Kier alpha value is -1.78. The smallest absolute Gasteiger partial charge is 0.321 e. The molecule has 0 spiro atoms. The van der Waals surface area contributed by atoms with Gasteiger partial charge in [0.25, 0.3) is 5.56 Å². The van der Waals surface area contributed by atoms with Gasteiger partial charge in [0.2, 0.25) is 0 Å². The van der Waals surface area contributed by atoms with Crippen molar-refractivity contribution in [1.29, 1.82) is 0 Å². The Morgan fingerprint density at radius 3 is 2.50 bits per heavy atom. The molecule has 0 aliphatic rings. The third-order valence-corrected chi connectivity index (χ3v) is 2.31. The molecule has 1 N–H and O–H groups in total. The third-order valence-electron chi connectivity index (χ3n) is 2.31. The summed E-state index contributed by atoms with van der Waals surface area (Å²) >= 11 is 0. The molecule has 1 aromatic carbocycles. The normalized spacial score (nSPS) is 12.0. The molecule has 0 fully saturated rings. The van der Waals surface area contributed by atoms with E-state index in [0.717, 1.165) is 11.6 Å². The van der Waals surface area contributed by atoms with Crippen LogP contribution in [0.25, 0.3) is 10.9 Å². The lowest BCUT2D eigenvalue weighted by atomic mass is 10.1. The number of aromatic amines is 1. The van der Waals surface area contributed by atoms with E-state index in [0.29, 0.717) is 10.9 Å². The highest BCUT2D eigenvalue weighted by molar-refractivity contribution is 5.79. The zero-order chi connectivity index (χ0) is 11.9. The maximum atomic E-state index is 12.5. The lowest BCUT2D eigenvalue weighted by Crippen LogP contribution is -2.21. The highest BCUT2D eigenvalue weighted by Crippen LogP contribution is 2.28. The van der Waals surface area contributed by atoms with Crippen molar-refractivity contribution in [3.05, 3.63) is 45.7 Å². The second-order valence-electron chi connectivity index (χ2n) is 3.60. The van der Waals surface area contributed by atoms with Gasteiger partial charge >= 0.3 is 6.18 Å². The number of rotatable bonds is 0. The minimum Gasteiger partial charge on any atom is -0.321 e. The summed E-state index contributed by atoms with van der Waals surface area (Å²) in [5.74, 6) is 0. The largest absolute Gasteiger partial charge is 0.421 e. The molecule has 0 bridgehead atoms. The molecule has 5 heteroatoms. The number of fused-ring (bicyclic) bond motifs is 1. The van der Waals surface area contributed by atoms with Crippen molar-refractivity contribution < 1.29 is 13.2 Å². The number of hydrogen-bond acceptors (Lipinski definition) is 1. The molecule has 1 heterocycles. The van der Waals surface area contributed by atoms with E-state index >= 15 is 0 Å². The molecule has 0 unspecified atom stereocenters. The van der Waals surface area contributed by atoms with Gasteiger partial charge in [0.1, 0.15) is 5.56 Å². The minimum atomic E-state index is -4.62. The molecule has 1 aromatic heterocycles. The molecule has 84 valence electrons. The number of hydrogen-bond donors (Lipinski definition) is 1. The monoisotopic (exact) mass is 227 g/mol. The van der Waals surface area contributed by atoms with Crippen LogP contribution in [-0.2, 0) is 6.18 Å². The average molecular weight is 227 g/mol. The number of halogens is 3. The summed E-state index contributed by atoms with van der Waals surface area (Å²) in [6.45, 7) is 1.78. The van der Waals surface area contributed by atoms with Crippen molar-refractivity contribution in [2.45, 2.75) is 13.1 Å². The first kappa shape index (κ1) is 10.7. The summed E-state index contributed by atoms with van der Waals surface area (Å²) in [7, 11) is 0. The minimum absolute atomic E-state index is 0.381. The van der Waals surface area contributed by atoms with Crippen LogP contribution >= 0.6 is 0 Å². The lowest BCUT2D eigenvalue weighted by Gasteiger charge is -2.07. The average Bonchev–Trinajstić information content (AvgIpc) is 2.16. The molecular formula is C11H8F3NO. The van der Waals surface area contributed by atoms with E-state index in [-0.39, 0.29) is 0 Å². The molecule has 0 saturated heterocycles. The van der Waals surface area contributed by atoms with Gasteiger partial charge in [0.15, 0.2) is 0 Å². The van der Waals surface area contributed by atoms with Gasteiger partial charge in [-0.1, -0.05) is 11.6 Å². The van der Waals surface area contributed by atoms with Crippen molar-refractivity contribution in [2.24, 2.45) is 0 Å². The number of aromatic nitrogens is 1. The fourth-order valence-corrected chi connectivity index (χ4v) is 1.54. The Morgan fingerprint density at radius 1 is 1.19 bits per heavy atom. The van der Waals surface area contributed by atoms with Crippen LogP contribution in [0.3, 0.4) is 0 Å². The molecule has 0 radical (unpaired) electrons. The van der Waals surface area contributed by atoms with Crippen LogP contribution < -0.4 is 5.56 Å². The van der Waals surface area contributed by atoms with Crippen LogP contribution in [0.4, 0.5) is 13.2 Å². The molecule has 16 heavy (non-hydrogen) atoms. The number of alkyl halides is 3. The van der Waals surface area contributed by atoms with Gasteiger partial charge < -0.3 is 4.98 Å². The molecule has 2 rings (SSSR count). The Kier molecular flexibility index (Phi) is 2.26. The summed E-state index contributed by atoms with van der Waals surface area (Å²) in [6.07, 6.45) is -4.62. The number of pyridine rings is 1. The Morgan fingerprint density at radius 2 is 1.88 bits per heavy atom. The highest BCUT2D eigenvalue weighted by atomic mass is 19.4. The zero-order valence-corrected chi connectivity index (χ0v) is 8.35. The molecule has 0 amide bonds. The van der Waals surface area contributed by atoms with Crippen LogP contribution in [-0.4, -0.2) is 4.98 Å². The summed E-state index contributed by atoms with van der Waals surface area (Å²) in [5.41, 5.74) is -1.02. The van der Waals surface area contributed by atoms with Gasteiger partial charge in [0, 0.05) is 5.52 Å². The molecule has 0 atom stereocenters. The maximum absolute atomic E-state index is 12.5. The van der Waals surface area contributed by atoms with Crippen LogP contribution in [0.5, 0.6) is 0 Å². The summed E-state index contributed by atoms with van der Waals surface area (Å²) < 4.78 is 37.4. The Bertz CT molecular complexity index is 598. The molecular weight excluding hydrogens is 219 g/mol. The zero-order valence-electron chi connectivity index (χ0n) is 8.35. The maximum Gasteiger partial charge on any atom is 0.421 e. The number of aryl methyl sites for hydroxylation is 1. The van der Waals surface area contributed by atoms with Crippen LogP contribution in [0.2, 0.25) is 0 Å². The van der Waals surface area contributed by atoms with E-state index in [2.05, 4.69) is 4.98 Å². The number of benzene rings is 1. The van der Waals surface area contributed by atoms with Gasteiger partial charge in [0.05, 0.1) is 0 Å². The van der Waals surface area contributed by atoms with Gasteiger partial charge in [-0.05, 0) is 30.5 Å². The van der Waals surface area contributed by atoms with E-state index in [1.165, 1.54) is 0 Å². The van der Waals surface area contributed by atoms with E-state index in [4.69, 9.17) is 0 Å². The van der Waals surface area contributed by atoms with Gasteiger partial charge in [-0.15, -0.1) is 0 Å². The van der Waals surface area contributed by atoms with E-state index in [9.17, 15) is 18.0 Å². The van der Waals surface area contributed by atoms with E-state index < -0.39 is 17.3 Å². The summed E-state index contributed by atoms with van der Waals surface area (Å²) in [4.78, 5) is 13.4. The van der Waals surface area contributed by atoms with Gasteiger partial charge in [-0.3, -0.25) is 4.79 Å². The first-order valence-corrected chi connectivity index (χ1v) is 4.59. The third kappa shape index (κ3) is 1.80. The van der Waals surface area contributed by atoms with Crippen molar-refractivity contribution in [3.63, 3.8) is 0 Å².